The monoisotopic (exact) mass is 420 g/mol. The zero-order valence-electron chi connectivity index (χ0n) is 16.2. The van der Waals surface area contributed by atoms with Crippen molar-refractivity contribution < 1.29 is 13.2 Å². The third-order valence-corrected chi connectivity index (χ3v) is 8.15. The van der Waals surface area contributed by atoms with Crippen molar-refractivity contribution in [1.29, 1.82) is 0 Å². The fourth-order valence-electron chi connectivity index (χ4n) is 4.15. The van der Waals surface area contributed by atoms with Gasteiger partial charge in [-0.25, -0.2) is 18.2 Å². The van der Waals surface area contributed by atoms with Crippen molar-refractivity contribution >= 4 is 27.4 Å². The van der Waals surface area contributed by atoms with Crippen LogP contribution in [0.2, 0.25) is 0 Å². The fourth-order valence-corrected chi connectivity index (χ4v) is 6.79. The van der Waals surface area contributed by atoms with Crippen molar-refractivity contribution in [2.24, 2.45) is 0 Å². The second-order valence-corrected chi connectivity index (χ2v) is 10.6. The molecule has 150 valence electrons. The SMILES string of the molecule is Cc1nc(CN2C3(CCN(C(=O)NC(C)C)C3)c3ccccc3S2(=O)=O)cs1. The Hall–Kier alpha value is -1.97. The quantitative estimate of drug-likeness (QED) is 0.828. The summed E-state index contributed by atoms with van der Waals surface area (Å²) in [5.41, 5.74) is 0.770. The Kier molecular flexibility index (Phi) is 4.71. The molecule has 1 aromatic carbocycles. The van der Waals surface area contributed by atoms with Gasteiger partial charge >= 0.3 is 6.03 Å². The van der Waals surface area contributed by atoms with E-state index < -0.39 is 15.6 Å². The Morgan fingerprint density at radius 2 is 2.11 bits per heavy atom. The van der Waals surface area contributed by atoms with Gasteiger partial charge in [0.15, 0.2) is 0 Å². The number of aromatic nitrogens is 1. The van der Waals surface area contributed by atoms with Crippen LogP contribution in [0.1, 0.15) is 36.5 Å². The van der Waals surface area contributed by atoms with Crippen molar-refractivity contribution in [3.63, 3.8) is 0 Å². The van der Waals surface area contributed by atoms with Gasteiger partial charge in [-0.3, -0.25) is 0 Å². The first-order valence-corrected chi connectivity index (χ1v) is 11.6. The summed E-state index contributed by atoms with van der Waals surface area (Å²) in [6.45, 7) is 6.79. The van der Waals surface area contributed by atoms with Crippen LogP contribution in [0.3, 0.4) is 0 Å². The smallest absolute Gasteiger partial charge is 0.317 e. The number of hydrogen-bond donors (Lipinski definition) is 1. The molecular formula is C19H24N4O3S2. The van der Waals surface area contributed by atoms with Gasteiger partial charge in [-0.1, -0.05) is 18.2 Å². The summed E-state index contributed by atoms with van der Waals surface area (Å²) in [5.74, 6) is 0. The van der Waals surface area contributed by atoms with E-state index in [-0.39, 0.29) is 18.6 Å². The van der Waals surface area contributed by atoms with E-state index >= 15 is 0 Å². The van der Waals surface area contributed by atoms with Crippen molar-refractivity contribution in [2.45, 2.75) is 50.2 Å². The zero-order chi connectivity index (χ0) is 20.1. The lowest BCUT2D eigenvalue weighted by Gasteiger charge is -2.33. The van der Waals surface area contributed by atoms with Crippen LogP contribution in [-0.4, -0.2) is 47.8 Å². The Morgan fingerprint density at radius 1 is 1.36 bits per heavy atom. The van der Waals surface area contributed by atoms with Crippen LogP contribution < -0.4 is 5.32 Å². The van der Waals surface area contributed by atoms with E-state index in [9.17, 15) is 13.2 Å². The number of fused-ring (bicyclic) bond motifs is 2. The van der Waals surface area contributed by atoms with Gasteiger partial charge in [-0.05, 0) is 38.8 Å². The molecule has 0 saturated carbocycles. The first-order chi connectivity index (χ1) is 13.2. The van der Waals surface area contributed by atoms with E-state index in [4.69, 9.17) is 0 Å². The first kappa shape index (κ1) is 19.4. The summed E-state index contributed by atoms with van der Waals surface area (Å²) in [6, 6.07) is 7.02. The van der Waals surface area contributed by atoms with Crippen LogP contribution in [-0.2, 0) is 22.1 Å². The Balaban J connectivity index is 1.75. The highest BCUT2D eigenvalue weighted by Crippen LogP contribution is 2.50. The molecule has 3 heterocycles. The lowest BCUT2D eigenvalue weighted by molar-refractivity contribution is 0.176. The number of carbonyl (C=O) groups excluding carboxylic acids is 1. The molecule has 28 heavy (non-hydrogen) atoms. The number of likely N-dealkylation sites (tertiary alicyclic amines) is 1. The molecule has 1 saturated heterocycles. The Bertz CT molecular complexity index is 1020. The average molecular weight is 421 g/mol. The molecule has 1 N–H and O–H groups in total. The number of nitrogens with zero attached hydrogens (tertiary/aromatic N) is 3. The molecule has 2 amide bonds. The minimum Gasteiger partial charge on any atom is -0.336 e. The van der Waals surface area contributed by atoms with Gasteiger partial charge in [0.2, 0.25) is 10.0 Å². The number of nitrogens with one attached hydrogen (secondary N) is 1. The molecular weight excluding hydrogens is 396 g/mol. The zero-order valence-corrected chi connectivity index (χ0v) is 17.8. The molecule has 2 aromatic rings. The molecule has 7 nitrogen and oxygen atoms in total. The second kappa shape index (κ2) is 6.82. The van der Waals surface area contributed by atoms with E-state index in [2.05, 4.69) is 10.3 Å². The van der Waals surface area contributed by atoms with Gasteiger partial charge in [-0.2, -0.15) is 4.31 Å². The van der Waals surface area contributed by atoms with Crippen molar-refractivity contribution in [3.05, 3.63) is 45.9 Å². The molecule has 0 radical (unpaired) electrons. The third kappa shape index (κ3) is 3.01. The second-order valence-electron chi connectivity index (χ2n) is 7.67. The normalized spacial score (nSPS) is 23.5. The van der Waals surface area contributed by atoms with Gasteiger partial charge < -0.3 is 10.2 Å². The van der Waals surface area contributed by atoms with Crippen LogP contribution in [0.25, 0.3) is 0 Å². The van der Waals surface area contributed by atoms with Gasteiger partial charge in [0.1, 0.15) is 0 Å². The molecule has 2 aliphatic heterocycles. The topological polar surface area (TPSA) is 82.6 Å². The predicted molar refractivity (Wildman–Crippen MR) is 108 cm³/mol. The molecule has 4 rings (SSSR count). The molecule has 1 unspecified atom stereocenters. The molecule has 9 heteroatoms. The molecule has 0 aliphatic carbocycles. The third-order valence-electron chi connectivity index (χ3n) is 5.35. The predicted octanol–water partition coefficient (Wildman–Crippen LogP) is 2.68. The number of sulfonamides is 1. The number of benzene rings is 1. The van der Waals surface area contributed by atoms with Gasteiger partial charge in [0, 0.05) is 24.5 Å². The number of rotatable bonds is 3. The summed E-state index contributed by atoms with van der Waals surface area (Å²) in [6.07, 6.45) is 0.567. The van der Waals surface area contributed by atoms with Gasteiger partial charge in [0.05, 0.1) is 27.7 Å². The van der Waals surface area contributed by atoms with Crippen LogP contribution >= 0.6 is 11.3 Å². The van der Waals surface area contributed by atoms with E-state index in [1.54, 1.807) is 21.3 Å². The summed E-state index contributed by atoms with van der Waals surface area (Å²) in [7, 11) is -3.66. The molecule has 0 bridgehead atoms. The number of amides is 2. The summed E-state index contributed by atoms with van der Waals surface area (Å²) >= 11 is 1.51. The lowest BCUT2D eigenvalue weighted by Crippen LogP contribution is -2.48. The van der Waals surface area contributed by atoms with E-state index in [0.29, 0.717) is 24.4 Å². The average Bonchev–Trinajstić information content (AvgIpc) is 3.29. The molecule has 2 aliphatic rings. The highest BCUT2D eigenvalue weighted by atomic mass is 32.2. The van der Waals surface area contributed by atoms with E-state index in [0.717, 1.165) is 16.3 Å². The summed E-state index contributed by atoms with van der Waals surface area (Å²) in [4.78, 5) is 19.1. The highest BCUT2D eigenvalue weighted by Gasteiger charge is 2.57. The summed E-state index contributed by atoms with van der Waals surface area (Å²) in [5, 5.41) is 5.72. The van der Waals surface area contributed by atoms with Crippen molar-refractivity contribution in [3.8, 4) is 0 Å². The fraction of sp³-hybridized carbons (Fsp3) is 0.474. The summed E-state index contributed by atoms with van der Waals surface area (Å²) < 4.78 is 28.3. The van der Waals surface area contributed by atoms with Crippen LogP contribution in [0.5, 0.6) is 0 Å². The minimum absolute atomic E-state index is 0.0257. The maximum atomic E-state index is 13.4. The largest absolute Gasteiger partial charge is 0.336 e. The van der Waals surface area contributed by atoms with Crippen LogP contribution in [0.4, 0.5) is 4.79 Å². The maximum Gasteiger partial charge on any atom is 0.317 e. The van der Waals surface area contributed by atoms with Gasteiger partial charge in [0.25, 0.3) is 0 Å². The van der Waals surface area contributed by atoms with Crippen molar-refractivity contribution in [1.82, 2.24) is 19.5 Å². The number of urea groups is 1. The molecule has 1 spiro atoms. The Labute approximate surface area is 169 Å². The van der Waals surface area contributed by atoms with Crippen molar-refractivity contribution in [2.75, 3.05) is 13.1 Å². The number of aryl methyl sites for hydroxylation is 1. The molecule has 1 fully saturated rings. The molecule has 1 aromatic heterocycles. The van der Waals surface area contributed by atoms with E-state index in [1.807, 2.05) is 38.3 Å². The standard InChI is InChI=1S/C19H24N4O3S2/c1-13(2)20-18(24)22-9-8-19(12-22)16-6-4-5-7-17(16)28(25,26)23(19)10-15-11-27-14(3)21-15/h4-7,11,13H,8-10,12H2,1-3H3,(H,20,24). The van der Waals surface area contributed by atoms with E-state index in [1.165, 1.54) is 11.3 Å². The molecule has 1 atom stereocenters. The number of thiazole rings is 1. The minimum atomic E-state index is -3.66. The lowest BCUT2D eigenvalue weighted by atomic mass is 9.89. The maximum absolute atomic E-state index is 13.4. The first-order valence-electron chi connectivity index (χ1n) is 9.33. The van der Waals surface area contributed by atoms with Crippen LogP contribution in [0.15, 0.2) is 34.5 Å². The van der Waals surface area contributed by atoms with Gasteiger partial charge in [-0.15, -0.1) is 11.3 Å². The number of hydrogen-bond acceptors (Lipinski definition) is 5. The van der Waals surface area contributed by atoms with Crippen LogP contribution in [0, 0.1) is 6.92 Å². The number of carbonyl (C=O) groups is 1. The highest BCUT2D eigenvalue weighted by molar-refractivity contribution is 7.89. The Morgan fingerprint density at radius 3 is 2.79 bits per heavy atom.